The number of nitrogens with one attached hydrogen (secondary N) is 1. The van der Waals surface area contributed by atoms with Gasteiger partial charge in [-0.1, -0.05) is 61.6 Å². The maximum absolute atomic E-state index is 13.6. The van der Waals surface area contributed by atoms with Crippen LogP contribution in [-0.4, -0.2) is 38.2 Å². The quantitative estimate of drug-likeness (QED) is 0.171. The fourth-order valence-electron chi connectivity index (χ4n) is 9.01. The van der Waals surface area contributed by atoms with E-state index in [1.54, 1.807) is 6.07 Å². The number of amides is 1. The van der Waals surface area contributed by atoms with Gasteiger partial charge >= 0.3 is 5.97 Å². The van der Waals surface area contributed by atoms with E-state index in [1.807, 2.05) is 83.4 Å². The maximum Gasteiger partial charge on any atom is 0.355 e. The van der Waals surface area contributed by atoms with Crippen molar-refractivity contribution in [3.63, 3.8) is 0 Å². The number of thiazole rings is 1. The number of rotatable bonds is 7. The second-order valence-corrected chi connectivity index (χ2v) is 17.2. The highest BCUT2D eigenvalue weighted by molar-refractivity contribution is 8.00. The average molecular weight is 714 g/mol. The molecule has 2 bridgehead atoms. The summed E-state index contributed by atoms with van der Waals surface area (Å²) in [6.45, 7) is 5.73. The third kappa shape index (κ3) is 6.49. The van der Waals surface area contributed by atoms with Crippen LogP contribution in [0, 0.1) is 29.1 Å². The third-order valence-corrected chi connectivity index (χ3v) is 13.2. The first-order chi connectivity index (χ1) is 24.7. The second kappa shape index (κ2) is 13.4. The number of nitriles is 1. The van der Waals surface area contributed by atoms with Gasteiger partial charge in [0, 0.05) is 39.4 Å². The molecule has 2 N–H and O–H groups in total. The molecule has 1 amide bonds. The summed E-state index contributed by atoms with van der Waals surface area (Å²) in [5.41, 5.74) is 4.82. The molecule has 2 atom stereocenters. The van der Waals surface area contributed by atoms with Gasteiger partial charge in [-0.05, 0) is 104 Å². The number of benzene rings is 3. The molecule has 0 spiro atoms. The van der Waals surface area contributed by atoms with Crippen LogP contribution in [0.3, 0.4) is 0 Å². The fraction of sp³-hybridized carbons (Fsp3) is 0.341. The lowest BCUT2D eigenvalue weighted by Gasteiger charge is -2.49. The summed E-state index contributed by atoms with van der Waals surface area (Å²) in [6, 6.07) is 25.4. The summed E-state index contributed by atoms with van der Waals surface area (Å²) in [6.07, 6.45) is 6.67. The van der Waals surface area contributed by atoms with Gasteiger partial charge in [0.2, 0.25) is 0 Å². The average Bonchev–Trinajstić information content (AvgIpc) is 3.52. The van der Waals surface area contributed by atoms with Crippen molar-refractivity contribution >= 4 is 56.1 Å². The number of anilines is 2. The summed E-state index contributed by atoms with van der Waals surface area (Å²) in [5.74, 6) is 1.16. The minimum Gasteiger partial charge on any atom is -0.476 e. The summed E-state index contributed by atoms with van der Waals surface area (Å²) in [4.78, 5) is 38.6. The van der Waals surface area contributed by atoms with Gasteiger partial charge in [0.05, 0.1) is 15.8 Å². The van der Waals surface area contributed by atoms with E-state index >= 15 is 0 Å². The number of nitrogens with zero attached hydrogens (tertiary/aromatic N) is 4. The zero-order valence-corrected chi connectivity index (χ0v) is 30.3. The Bertz CT molecular complexity index is 2170. The normalized spacial score (nSPS) is 22.6. The van der Waals surface area contributed by atoms with E-state index in [9.17, 15) is 20.0 Å². The van der Waals surface area contributed by atoms with E-state index < -0.39 is 5.97 Å². The SMILES string of the molecule is CC1CC2CC(C)CC(Sc3cccc(-c4ccc(N5CCc6cccc(C(=O)Nc7nc8ccccc8s7)c6C5)nc4C(=O)O)c3C#N)(C1)C2. The number of aromatic carboxylic acids is 1. The number of hydrogen-bond acceptors (Lipinski definition) is 8. The van der Waals surface area contributed by atoms with Gasteiger partial charge in [-0.25, -0.2) is 14.8 Å². The van der Waals surface area contributed by atoms with Crippen molar-refractivity contribution in [3.8, 4) is 17.2 Å². The molecular weight excluding hydrogens is 675 g/mol. The lowest BCUT2D eigenvalue weighted by Crippen LogP contribution is -2.42. The topological polar surface area (TPSA) is 119 Å². The molecule has 0 saturated heterocycles. The summed E-state index contributed by atoms with van der Waals surface area (Å²) >= 11 is 3.27. The molecule has 2 saturated carbocycles. The van der Waals surface area contributed by atoms with Crippen molar-refractivity contribution in [3.05, 3.63) is 101 Å². The maximum atomic E-state index is 13.6. The van der Waals surface area contributed by atoms with Crippen molar-refractivity contribution < 1.29 is 14.7 Å². The summed E-state index contributed by atoms with van der Waals surface area (Å²) in [7, 11) is 0. The zero-order valence-electron chi connectivity index (χ0n) is 28.7. The Morgan fingerprint density at radius 2 is 1.75 bits per heavy atom. The first kappa shape index (κ1) is 33.4. The van der Waals surface area contributed by atoms with Gasteiger partial charge < -0.3 is 10.0 Å². The second-order valence-electron chi connectivity index (χ2n) is 14.7. The van der Waals surface area contributed by atoms with E-state index in [1.165, 1.54) is 30.6 Å². The van der Waals surface area contributed by atoms with E-state index in [0.717, 1.165) is 45.0 Å². The molecule has 5 aromatic rings. The number of carboxylic acids is 1. The lowest BCUT2D eigenvalue weighted by molar-refractivity contribution is 0.0691. The number of pyridine rings is 1. The number of carbonyl (C=O) groups excluding carboxylic acids is 1. The van der Waals surface area contributed by atoms with Gasteiger partial charge in [-0.2, -0.15) is 5.26 Å². The molecular formula is C41H39N5O3S2. The molecule has 8 nitrogen and oxygen atoms in total. The zero-order chi connectivity index (χ0) is 35.3. The van der Waals surface area contributed by atoms with Gasteiger partial charge in [-0.15, -0.1) is 11.8 Å². The van der Waals surface area contributed by atoms with E-state index in [0.29, 0.717) is 64.5 Å². The molecule has 2 fully saturated rings. The minimum atomic E-state index is -1.15. The van der Waals surface area contributed by atoms with Crippen LogP contribution in [0.2, 0.25) is 0 Å². The number of aromatic nitrogens is 2. The molecule has 1 aliphatic heterocycles. The molecule has 2 aliphatic carbocycles. The Labute approximate surface area is 305 Å². The van der Waals surface area contributed by atoms with E-state index in [-0.39, 0.29) is 16.3 Å². The lowest BCUT2D eigenvalue weighted by atomic mass is 9.65. The number of fused-ring (bicyclic) bond motifs is 4. The summed E-state index contributed by atoms with van der Waals surface area (Å²) in [5, 5.41) is 24.5. The minimum absolute atomic E-state index is 0.0883. The highest BCUT2D eigenvalue weighted by Crippen LogP contribution is 2.56. The van der Waals surface area contributed by atoms with Crippen LogP contribution in [0.4, 0.5) is 10.9 Å². The fourth-order valence-corrected chi connectivity index (χ4v) is 11.8. The van der Waals surface area contributed by atoms with Crippen LogP contribution < -0.4 is 10.2 Å². The summed E-state index contributed by atoms with van der Waals surface area (Å²) < 4.78 is 1.09. The molecule has 2 unspecified atom stereocenters. The smallest absolute Gasteiger partial charge is 0.355 e. The number of carbonyl (C=O) groups is 2. The molecule has 3 heterocycles. The number of carboxylic acid groups (broad SMARTS) is 1. The van der Waals surface area contributed by atoms with Gasteiger partial charge in [0.15, 0.2) is 10.8 Å². The Morgan fingerprint density at radius 3 is 2.51 bits per heavy atom. The van der Waals surface area contributed by atoms with Gasteiger partial charge in [-0.3, -0.25) is 10.1 Å². The molecule has 3 aromatic carbocycles. The van der Waals surface area contributed by atoms with Crippen LogP contribution >= 0.6 is 23.1 Å². The van der Waals surface area contributed by atoms with Crippen molar-refractivity contribution in [2.45, 2.75) is 68.6 Å². The molecule has 2 aromatic heterocycles. The highest BCUT2D eigenvalue weighted by atomic mass is 32.2. The molecule has 3 aliphatic rings. The Hall–Kier alpha value is -4.72. The van der Waals surface area contributed by atoms with Crippen LogP contribution in [0.15, 0.2) is 77.7 Å². The Balaban J connectivity index is 1.08. The molecule has 51 heavy (non-hydrogen) atoms. The first-order valence-corrected chi connectivity index (χ1v) is 19.3. The highest BCUT2D eigenvalue weighted by Gasteiger charge is 2.45. The van der Waals surface area contributed by atoms with Gasteiger partial charge in [0.1, 0.15) is 11.9 Å². The first-order valence-electron chi connectivity index (χ1n) is 17.7. The monoisotopic (exact) mass is 713 g/mol. The van der Waals surface area contributed by atoms with Crippen LogP contribution in [0.1, 0.15) is 83.5 Å². The molecule has 8 rings (SSSR count). The molecule has 0 radical (unpaired) electrons. The van der Waals surface area contributed by atoms with Crippen LogP contribution in [-0.2, 0) is 13.0 Å². The number of para-hydroxylation sites is 1. The standard InChI is InChI=1S/C41H39N5O3S2/c1-24-17-26-18-25(2)20-41(19-24,21-26)51-34-12-6-8-28(31(34)22-42)29-13-14-36(44-37(29)39(48)49)46-16-15-27-7-5-9-30(32(27)23-46)38(47)45-40-43-33-10-3-4-11-35(33)50-40/h3-14,24-26H,15-21,23H2,1-2H3,(H,48,49)(H,43,45,47). The largest absolute Gasteiger partial charge is 0.476 e. The van der Waals surface area contributed by atoms with E-state index in [2.05, 4.69) is 30.2 Å². The number of hydrogen-bond donors (Lipinski definition) is 2. The third-order valence-electron chi connectivity index (χ3n) is 10.8. The van der Waals surface area contributed by atoms with Crippen molar-refractivity contribution in [1.29, 1.82) is 5.26 Å². The molecule has 258 valence electrons. The van der Waals surface area contributed by atoms with Crippen molar-refractivity contribution in [2.75, 3.05) is 16.8 Å². The number of thioether (sulfide) groups is 1. The van der Waals surface area contributed by atoms with Crippen molar-refractivity contribution in [2.24, 2.45) is 17.8 Å². The Morgan fingerprint density at radius 1 is 0.961 bits per heavy atom. The van der Waals surface area contributed by atoms with Crippen molar-refractivity contribution in [1.82, 2.24) is 9.97 Å². The van der Waals surface area contributed by atoms with Crippen LogP contribution in [0.5, 0.6) is 0 Å². The predicted molar refractivity (Wildman–Crippen MR) is 204 cm³/mol. The van der Waals surface area contributed by atoms with E-state index in [4.69, 9.17) is 4.98 Å². The van der Waals surface area contributed by atoms with Gasteiger partial charge in [0.25, 0.3) is 5.91 Å². The Kier molecular flexibility index (Phi) is 8.81. The predicted octanol–water partition coefficient (Wildman–Crippen LogP) is 9.44. The molecule has 10 heteroatoms. The van der Waals surface area contributed by atoms with Crippen LogP contribution in [0.25, 0.3) is 21.3 Å².